The van der Waals surface area contributed by atoms with Gasteiger partial charge in [-0.15, -0.1) is 0 Å². The number of hydrogen-bond acceptors (Lipinski definition) is 10. The van der Waals surface area contributed by atoms with Crippen molar-refractivity contribution in [1.29, 1.82) is 10.5 Å². The molecule has 4 N–H and O–H groups in total. The van der Waals surface area contributed by atoms with E-state index in [1.165, 1.54) is 13.8 Å². The summed E-state index contributed by atoms with van der Waals surface area (Å²) in [7, 11) is -21.3. The van der Waals surface area contributed by atoms with Gasteiger partial charge in [0.15, 0.2) is 45.1 Å². The van der Waals surface area contributed by atoms with E-state index in [0.717, 1.165) is 46.6 Å². The molecule has 0 saturated carbocycles. The first-order valence-corrected chi connectivity index (χ1v) is 25.3. The number of aryl methyl sites for hydroxylation is 2. The zero-order valence-corrected chi connectivity index (χ0v) is 40.5. The summed E-state index contributed by atoms with van der Waals surface area (Å²) in [6.07, 6.45) is 1.88. The summed E-state index contributed by atoms with van der Waals surface area (Å²) in [5.41, 5.74) is 4.62. The molecule has 28 heteroatoms. The maximum Gasteiger partial charge on any atom is 0.253 e. The summed E-state index contributed by atoms with van der Waals surface area (Å²) >= 11 is 0. The standard InChI is InChI=1S/C24H32O8.C16H14N4.2C2H3N.2F6P/c1-2-6-22-21(5-1)29-17-13-25-9-10-27-15-19-31-23-7-3-4-8-24(23)32-20-16-28-12-11-26-14-18-30-22;1-2-6-12-11(5-1)17-15(18-12)9-10-16-19-13-7-3-4-8-14(13)20-16;2*1-2-3;2*1-7(2,3,4,5)6/h1-8H,9-20H2;1-8H,9-10H2,(H,17,18)(H,19,20);2*1H3;;/q;;;;2*-1/p+2. The van der Waals surface area contributed by atoms with Crippen LogP contribution in [0.1, 0.15) is 25.5 Å². The first-order chi connectivity index (χ1) is 33.5. The number of aromatic nitrogens is 4. The van der Waals surface area contributed by atoms with Gasteiger partial charge in [-0.3, -0.25) is 0 Å². The molecular weight excluding hydrogens is 1030 g/mol. The molecule has 72 heavy (non-hydrogen) atoms. The molecule has 0 amide bonds. The minimum Gasteiger partial charge on any atom is -0.487 e. The third-order valence-electron chi connectivity index (χ3n) is 8.00. The number of rotatable bonds is 3. The first kappa shape index (κ1) is 62.0. The number of H-pyrrole nitrogens is 4. The molecule has 0 spiro atoms. The van der Waals surface area contributed by atoms with E-state index in [0.29, 0.717) is 102 Å². The fourth-order valence-corrected chi connectivity index (χ4v) is 5.48. The summed E-state index contributed by atoms with van der Waals surface area (Å²) < 4.78 is 164. The van der Waals surface area contributed by atoms with Gasteiger partial charge in [0.2, 0.25) is 0 Å². The van der Waals surface area contributed by atoms with Gasteiger partial charge < -0.3 is 37.9 Å². The second-order valence-electron chi connectivity index (χ2n) is 14.1. The molecule has 1 aliphatic heterocycles. The summed E-state index contributed by atoms with van der Waals surface area (Å²) in [6, 6.07) is 35.1. The van der Waals surface area contributed by atoms with Gasteiger partial charge in [-0.25, -0.2) is 19.9 Å². The predicted molar refractivity (Wildman–Crippen MR) is 245 cm³/mol. The van der Waals surface area contributed by atoms with Gasteiger partial charge in [-0.05, 0) is 48.5 Å². The van der Waals surface area contributed by atoms with Gasteiger partial charge in [0, 0.05) is 13.8 Å². The average molecular weight is 1080 g/mol. The van der Waals surface area contributed by atoms with Crippen molar-refractivity contribution in [3.05, 3.63) is 109 Å². The van der Waals surface area contributed by atoms with Crippen molar-refractivity contribution in [3.8, 4) is 35.1 Å². The Morgan fingerprint density at radius 2 is 0.611 bits per heavy atom. The van der Waals surface area contributed by atoms with Crippen LogP contribution in [-0.4, -0.2) is 89.3 Å². The largest absolute Gasteiger partial charge is 0.487 e. The van der Waals surface area contributed by atoms with E-state index in [4.69, 9.17) is 48.4 Å². The molecule has 1 aliphatic rings. The van der Waals surface area contributed by atoms with E-state index in [1.807, 2.05) is 72.8 Å². The molecule has 0 radical (unpaired) electrons. The average Bonchev–Trinajstić information content (AvgIpc) is 3.90. The zero-order chi connectivity index (χ0) is 53.7. The maximum atomic E-state index is 9.87. The molecule has 3 heterocycles. The Balaban J connectivity index is 0.000000373. The number of ether oxygens (including phenoxy) is 8. The summed E-state index contributed by atoms with van der Waals surface area (Å²) in [5, 5.41) is 14.6. The molecule has 0 saturated heterocycles. The van der Waals surface area contributed by atoms with Crippen LogP contribution in [0.5, 0.6) is 23.0 Å². The number of nitrogens with zero attached hydrogens (tertiary/aromatic N) is 2. The van der Waals surface area contributed by atoms with E-state index in [-0.39, 0.29) is 0 Å². The Bertz CT molecular complexity index is 2270. The van der Waals surface area contributed by atoms with Crippen LogP contribution in [0, 0.1) is 22.7 Å². The van der Waals surface area contributed by atoms with E-state index >= 15 is 0 Å². The van der Waals surface area contributed by atoms with Crippen LogP contribution in [0.25, 0.3) is 22.1 Å². The number of halogens is 12. The van der Waals surface area contributed by atoms with Crippen molar-refractivity contribution < 1.29 is 98.2 Å². The van der Waals surface area contributed by atoms with Gasteiger partial charge in [0.25, 0.3) is 11.6 Å². The molecule has 14 nitrogen and oxygen atoms in total. The van der Waals surface area contributed by atoms with Crippen LogP contribution in [0.3, 0.4) is 0 Å². The number of imidazole rings is 2. The van der Waals surface area contributed by atoms with Crippen molar-refractivity contribution in [2.45, 2.75) is 26.7 Å². The second-order valence-corrected chi connectivity index (χ2v) is 18.0. The van der Waals surface area contributed by atoms with Gasteiger partial charge >= 0.3 is 66.0 Å². The van der Waals surface area contributed by atoms with Crippen LogP contribution in [0.4, 0.5) is 50.4 Å². The third kappa shape index (κ3) is 35.0. The van der Waals surface area contributed by atoms with Crippen molar-refractivity contribution >= 4 is 37.7 Å². The van der Waals surface area contributed by atoms with Crippen LogP contribution in [-0.2, 0) is 31.8 Å². The third-order valence-corrected chi connectivity index (χ3v) is 8.00. The number of nitriles is 2. The van der Waals surface area contributed by atoms with Gasteiger partial charge in [-0.1, -0.05) is 48.5 Å². The number of nitrogens with one attached hydrogen (secondary N) is 4. The van der Waals surface area contributed by atoms with Crippen molar-refractivity contribution in [2.24, 2.45) is 0 Å². The molecule has 0 aliphatic carbocycles. The number of fused-ring (bicyclic) bond motifs is 4. The van der Waals surface area contributed by atoms with E-state index in [2.05, 4.69) is 44.2 Å². The fraction of sp³-hybridized carbons (Fsp3) is 0.364. The fourth-order valence-electron chi connectivity index (χ4n) is 5.48. The van der Waals surface area contributed by atoms with Crippen molar-refractivity contribution in [3.63, 3.8) is 0 Å². The molecule has 4 aromatic carbocycles. The monoisotopic (exact) mass is 1080 g/mol. The Morgan fingerprint density at radius 1 is 0.403 bits per heavy atom. The smallest absolute Gasteiger partial charge is 0.253 e. The Kier molecular flexibility index (Phi) is 23.8. The Labute approximate surface area is 405 Å². The van der Waals surface area contributed by atoms with Gasteiger partial charge in [0.05, 0.1) is 77.8 Å². The molecule has 7 rings (SSSR count). The Hall–Kier alpha value is -6.14. The SMILES string of the molecule is CC#N.CC#N.F[P-](F)(F)(F)(F)F.F[P-](F)(F)(F)(F)F.c1ccc2[nH+]c(CCc3[nH]c4ccccc4[nH+]3)[nH]c2c1.c1ccc2c(c1)OCCOCCOCCOc1ccccc1OCCOCCOCCO2. The quantitative estimate of drug-likeness (QED) is 0.128. The summed E-state index contributed by atoms with van der Waals surface area (Å²) in [6.45, 7) is 8.34. The molecule has 0 bridgehead atoms. The molecule has 0 unspecified atom stereocenters. The number of benzene rings is 4. The van der Waals surface area contributed by atoms with E-state index in [1.54, 1.807) is 12.1 Å². The molecule has 402 valence electrons. The van der Waals surface area contributed by atoms with E-state index in [9.17, 15) is 50.4 Å². The minimum absolute atomic E-state index is 0.425. The molecular formula is C44H54F12N6O8P2. The molecule has 0 fully saturated rings. The van der Waals surface area contributed by atoms with Crippen LogP contribution in [0.2, 0.25) is 0 Å². The maximum absolute atomic E-state index is 10.7. The number of hydrogen-bond donors (Lipinski definition) is 2. The van der Waals surface area contributed by atoms with Crippen LogP contribution in [0.15, 0.2) is 97.1 Å². The summed E-state index contributed by atoms with van der Waals surface area (Å²) in [5.74, 6) is 5.03. The predicted octanol–water partition coefficient (Wildman–Crippen LogP) is 12.9. The van der Waals surface area contributed by atoms with Crippen molar-refractivity contribution in [2.75, 3.05) is 79.3 Å². The first-order valence-electron chi connectivity index (χ1n) is 21.3. The zero-order valence-electron chi connectivity index (χ0n) is 38.7. The van der Waals surface area contributed by atoms with Gasteiger partial charge in [-0.2, -0.15) is 10.5 Å². The number of aromatic amines is 4. The minimum atomic E-state index is -10.7. The van der Waals surface area contributed by atoms with Crippen LogP contribution >= 0.6 is 15.6 Å². The number of para-hydroxylation sites is 8. The van der Waals surface area contributed by atoms with E-state index < -0.39 is 15.6 Å². The molecule has 2 aromatic heterocycles. The molecule has 6 aromatic rings. The molecule has 0 atom stereocenters. The van der Waals surface area contributed by atoms with Crippen LogP contribution < -0.4 is 28.9 Å². The normalized spacial score (nSPS) is 16.0. The second kappa shape index (κ2) is 27.6. The topological polar surface area (TPSA) is 181 Å². The van der Waals surface area contributed by atoms with Crippen molar-refractivity contribution in [1.82, 2.24) is 9.97 Å². The summed E-state index contributed by atoms with van der Waals surface area (Å²) in [4.78, 5) is 13.7. The Morgan fingerprint density at radius 3 is 0.847 bits per heavy atom. The van der Waals surface area contributed by atoms with Gasteiger partial charge in [0.1, 0.15) is 26.4 Å².